The number of imide groups is 2. The molecular weight excluding hydrogens is 779 g/mol. The number of nitrogens with zero attached hydrogens (tertiary/aromatic N) is 5. The van der Waals surface area contributed by atoms with Crippen LogP contribution < -0.4 is 19.5 Å². The smallest absolute Gasteiger partial charge is 0.319 e. The fourth-order valence-corrected chi connectivity index (χ4v) is 7.51. The van der Waals surface area contributed by atoms with E-state index < -0.39 is 36.2 Å². The summed E-state index contributed by atoms with van der Waals surface area (Å²) in [6.07, 6.45) is 7.76. The number of carbonyl (C=O) groups is 4. The van der Waals surface area contributed by atoms with E-state index in [1.54, 1.807) is 55.0 Å². The van der Waals surface area contributed by atoms with Gasteiger partial charge in [0.25, 0.3) is 11.8 Å². The van der Waals surface area contributed by atoms with Crippen LogP contribution in [0, 0.1) is 11.8 Å². The summed E-state index contributed by atoms with van der Waals surface area (Å²) in [6.45, 7) is -2.19. The molecule has 0 spiro atoms. The number of aromatic nitrogens is 4. The molecule has 6 aromatic rings. The van der Waals surface area contributed by atoms with Gasteiger partial charge in [0.15, 0.2) is 0 Å². The fourth-order valence-electron chi connectivity index (χ4n) is 7.51. The highest BCUT2D eigenvalue weighted by molar-refractivity contribution is 6.23. The van der Waals surface area contributed by atoms with E-state index in [9.17, 15) is 28.0 Å². The first-order valence-corrected chi connectivity index (χ1v) is 19.2. The molecule has 2 aliphatic heterocycles. The Morgan fingerprint density at radius 3 is 2.38 bits per heavy atom. The zero-order chi connectivity index (χ0) is 41.3. The average Bonchev–Trinajstić information content (AvgIpc) is 3.70. The standard InChI is InChI=1S/C44H34F2N6O8/c45-44(46)51-36-13-14-47-24-35(36)32-8-3-25(18-38(32)51)26-4-12-40(49-22-26)60-31-19-30(20-31)59-29-6-5-27(48-23-29)2-1-15-57-16-17-58-28-7-9-33-34(21-28)43(56)52(42(33)55)37-10-11-39(53)50-41(37)54/h3-9,12-14,18,21-24,30-31,37,44H,10-11,15-17,19-20H2,(H,50,53,54). The first-order valence-electron chi connectivity index (χ1n) is 19.2. The van der Waals surface area contributed by atoms with Crippen LogP contribution in [-0.2, 0) is 14.3 Å². The molecule has 60 heavy (non-hydrogen) atoms. The number of piperidine rings is 1. The third-order valence-corrected chi connectivity index (χ3v) is 10.5. The number of nitrogens with one attached hydrogen (secondary N) is 1. The van der Waals surface area contributed by atoms with Crippen LogP contribution in [0.3, 0.4) is 0 Å². The SMILES string of the molecule is O=C1CCC(N2C(=O)c3ccc(OCCOCC#Cc4ccc(OC5CC(Oc6ccc(-c7ccc8c9cnccc9n(C(F)F)c8c7)cn6)C5)cn4)cc3C2=O)C(=O)N1. The lowest BCUT2D eigenvalue weighted by atomic mass is 9.92. The van der Waals surface area contributed by atoms with Crippen molar-refractivity contribution >= 4 is 45.4 Å². The summed E-state index contributed by atoms with van der Waals surface area (Å²) in [5, 5.41) is 3.56. The number of benzene rings is 2. The molecule has 16 heteroatoms. The van der Waals surface area contributed by atoms with Gasteiger partial charge in [0, 0.05) is 60.3 Å². The normalized spacial score (nSPS) is 18.6. The summed E-state index contributed by atoms with van der Waals surface area (Å²) < 4.78 is 52.4. The first-order chi connectivity index (χ1) is 29.2. The van der Waals surface area contributed by atoms with Crippen molar-refractivity contribution in [2.45, 2.75) is 50.5 Å². The van der Waals surface area contributed by atoms with Gasteiger partial charge in [0.2, 0.25) is 17.7 Å². The zero-order valence-corrected chi connectivity index (χ0v) is 31.7. The monoisotopic (exact) mass is 812 g/mol. The molecule has 2 fully saturated rings. The fraction of sp³-hybridized carbons (Fsp3) is 0.250. The van der Waals surface area contributed by atoms with Crippen LogP contribution in [0.2, 0.25) is 0 Å². The highest BCUT2D eigenvalue weighted by Gasteiger charge is 2.44. The number of halogens is 2. The Kier molecular flexibility index (Phi) is 10.3. The summed E-state index contributed by atoms with van der Waals surface area (Å²) in [6, 6.07) is 17.7. The number of rotatable bonds is 12. The molecule has 1 atom stereocenters. The number of carbonyl (C=O) groups excluding carboxylic acids is 4. The molecular formula is C44H34F2N6O8. The highest BCUT2D eigenvalue weighted by Crippen LogP contribution is 2.36. The van der Waals surface area contributed by atoms with Gasteiger partial charge in [0.1, 0.15) is 48.7 Å². The minimum atomic E-state index is -2.70. The molecule has 1 saturated carbocycles. The second-order valence-electron chi connectivity index (χ2n) is 14.3. The molecule has 1 saturated heterocycles. The van der Waals surface area contributed by atoms with Crippen LogP contribution in [0.25, 0.3) is 32.9 Å². The highest BCUT2D eigenvalue weighted by atomic mass is 19.3. The van der Waals surface area contributed by atoms with Gasteiger partial charge in [-0.2, -0.15) is 8.78 Å². The molecule has 2 aromatic carbocycles. The number of pyridine rings is 3. The van der Waals surface area contributed by atoms with E-state index in [0.717, 1.165) is 20.6 Å². The van der Waals surface area contributed by atoms with Crippen molar-refractivity contribution < 1.29 is 46.9 Å². The Hall–Kier alpha value is -7.25. The van der Waals surface area contributed by atoms with E-state index in [-0.39, 0.29) is 56.0 Å². The second kappa shape index (κ2) is 16.2. The largest absolute Gasteiger partial charge is 0.491 e. The van der Waals surface area contributed by atoms with Crippen molar-refractivity contribution in [3.05, 3.63) is 108 Å². The van der Waals surface area contributed by atoms with Gasteiger partial charge >= 0.3 is 6.55 Å². The molecule has 9 rings (SSSR count). The Bertz CT molecular complexity index is 2720. The maximum atomic E-state index is 14.0. The van der Waals surface area contributed by atoms with Gasteiger partial charge < -0.3 is 18.9 Å². The minimum Gasteiger partial charge on any atom is -0.491 e. The summed E-state index contributed by atoms with van der Waals surface area (Å²) in [4.78, 5) is 63.5. The maximum Gasteiger partial charge on any atom is 0.319 e. The van der Waals surface area contributed by atoms with Crippen LogP contribution >= 0.6 is 0 Å². The van der Waals surface area contributed by atoms with Crippen molar-refractivity contribution in [1.29, 1.82) is 0 Å². The summed E-state index contributed by atoms with van der Waals surface area (Å²) >= 11 is 0. The van der Waals surface area contributed by atoms with Crippen LogP contribution in [0.15, 0.2) is 91.5 Å². The predicted octanol–water partition coefficient (Wildman–Crippen LogP) is 5.88. The van der Waals surface area contributed by atoms with Gasteiger partial charge in [-0.1, -0.05) is 18.1 Å². The zero-order valence-electron chi connectivity index (χ0n) is 31.7. The lowest BCUT2D eigenvalue weighted by Gasteiger charge is -2.34. The molecule has 6 heterocycles. The van der Waals surface area contributed by atoms with E-state index in [4.69, 9.17) is 18.9 Å². The molecule has 302 valence electrons. The van der Waals surface area contributed by atoms with Crippen molar-refractivity contribution in [3.63, 3.8) is 0 Å². The van der Waals surface area contributed by atoms with E-state index >= 15 is 0 Å². The van der Waals surface area contributed by atoms with Gasteiger partial charge in [-0.25, -0.2) is 9.97 Å². The predicted molar refractivity (Wildman–Crippen MR) is 210 cm³/mol. The Balaban J connectivity index is 0.691. The third-order valence-electron chi connectivity index (χ3n) is 10.5. The number of ether oxygens (including phenoxy) is 4. The Morgan fingerprint density at radius 2 is 1.60 bits per heavy atom. The van der Waals surface area contributed by atoms with Gasteiger partial charge in [0.05, 0.1) is 35.0 Å². The number of alkyl halides is 2. The summed E-state index contributed by atoms with van der Waals surface area (Å²) in [5.41, 5.74) is 3.25. The number of hydrogen-bond acceptors (Lipinski definition) is 11. The molecule has 14 nitrogen and oxygen atoms in total. The topological polar surface area (TPSA) is 164 Å². The van der Waals surface area contributed by atoms with Gasteiger partial charge in [-0.05, 0) is 66.4 Å². The lowest BCUT2D eigenvalue weighted by Crippen LogP contribution is -2.54. The van der Waals surface area contributed by atoms with E-state index in [2.05, 4.69) is 32.1 Å². The molecule has 4 amide bonds. The van der Waals surface area contributed by atoms with E-state index in [1.807, 2.05) is 18.2 Å². The van der Waals surface area contributed by atoms with Crippen molar-refractivity contribution in [2.24, 2.45) is 0 Å². The van der Waals surface area contributed by atoms with E-state index in [0.29, 0.717) is 57.7 Å². The molecule has 0 bridgehead atoms. The summed E-state index contributed by atoms with van der Waals surface area (Å²) in [5.74, 6) is 4.99. The first kappa shape index (κ1) is 38.3. The van der Waals surface area contributed by atoms with Gasteiger partial charge in [-0.3, -0.25) is 38.9 Å². The average molecular weight is 813 g/mol. The Labute approximate surface area is 340 Å². The lowest BCUT2D eigenvalue weighted by molar-refractivity contribution is -0.136. The van der Waals surface area contributed by atoms with Crippen LogP contribution in [-0.4, -0.2) is 86.1 Å². The molecule has 3 aliphatic rings. The maximum absolute atomic E-state index is 14.0. The van der Waals surface area contributed by atoms with Crippen molar-refractivity contribution in [3.8, 4) is 40.3 Å². The summed E-state index contributed by atoms with van der Waals surface area (Å²) in [7, 11) is 0. The van der Waals surface area contributed by atoms with Gasteiger partial charge in [-0.15, -0.1) is 0 Å². The number of fused-ring (bicyclic) bond motifs is 4. The molecule has 1 unspecified atom stereocenters. The van der Waals surface area contributed by atoms with Crippen LogP contribution in [0.4, 0.5) is 8.78 Å². The minimum absolute atomic E-state index is 0.0422. The molecule has 1 aliphatic carbocycles. The third kappa shape index (κ3) is 7.58. The molecule has 1 N–H and O–H groups in total. The van der Waals surface area contributed by atoms with Crippen LogP contribution in [0.5, 0.6) is 17.4 Å². The molecule has 0 radical (unpaired) electrons. The number of hydrogen-bond donors (Lipinski definition) is 1. The second-order valence-corrected chi connectivity index (χ2v) is 14.3. The number of amides is 4. The Morgan fingerprint density at radius 1 is 0.783 bits per heavy atom. The van der Waals surface area contributed by atoms with Crippen molar-refractivity contribution in [1.82, 2.24) is 29.7 Å². The quantitative estimate of drug-likeness (QED) is 0.0892. The molecule has 4 aromatic heterocycles. The van der Waals surface area contributed by atoms with E-state index in [1.165, 1.54) is 18.3 Å². The van der Waals surface area contributed by atoms with Crippen molar-refractivity contribution in [2.75, 3.05) is 19.8 Å². The van der Waals surface area contributed by atoms with Crippen LogP contribution in [0.1, 0.15) is 58.6 Å².